The van der Waals surface area contributed by atoms with Crippen LogP contribution >= 0.6 is 14.8 Å². The summed E-state index contributed by atoms with van der Waals surface area (Å²) in [6, 6.07) is 0. The van der Waals surface area contributed by atoms with E-state index in [-0.39, 0.29) is 5.41 Å². The summed E-state index contributed by atoms with van der Waals surface area (Å²) in [5.41, 5.74) is -0.00581. The van der Waals surface area contributed by atoms with Gasteiger partial charge < -0.3 is 9.09 Å². The Kier molecular flexibility index (Phi) is 6.62. The highest BCUT2D eigenvalue weighted by atomic mass is 31.2. The van der Waals surface area contributed by atoms with Gasteiger partial charge in [0.1, 0.15) is 7.29 Å². The number of hydrogen-bond acceptors (Lipinski definition) is 3. The number of hydrogen-bond donors (Lipinski definition) is 2. The Morgan fingerprint density at radius 1 is 1.00 bits per heavy atom. The first kappa shape index (κ1) is 17.3. The van der Waals surface area contributed by atoms with Crippen LogP contribution in [0.2, 0.25) is 0 Å². The van der Waals surface area contributed by atoms with Gasteiger partial charge in [-0.2, -0.15) is 0 Å². The molecule has 0 aromatic rings. The second kappa shape index (κ2) is 6.49. The molecular formula is C10H26N2O3P2. The highest BCUT2D eigenvalue weighted by Crippen LogP contribution is 2.39. The summed E-state index contributed by atoms with van der Waals surface area (Å²) in [6.07, 6.45) is 0. The maximum Gasteiger partial charge on any atom is 0.266 e. The lowest BCUT2D eigenvalue weighted by molar-refractivity contribution is 0.198. The van der Waals surface area contributed by atoms with E-state index in [9.17, 15) is 9.13 Å². The van der Waals surface area contributed by atoms with Crippen LogP contribution in [0.4, 0.5) is 0 Å². The molecule has 0 amide bonds. The van der Waals surface area contributed by atoms with E-state index in [2.05, 4.69) is 10.2 Å². The van der Waals surface area contributed by atoms with E-state index in [0.717, 1.165) is 0 Å². The lowest BCUT2D eigenvalue weighted by atomic mass is 9.99. The van der Waals surface area contributed by atoms with Gasteiger partial charge in [0, 0.05) is 33.1 Å². The first-order valence-electron chi connectivity index (χ1n) is 5.69. The second-order valence-corrected chi connectivity index (χ2v) is 11.1. The topological polar surface area (TPSA) is 67.4 Å². The van der Waals surface area contributed by atoms with Crippen LogP contribution in [0.15, 0.2) is 0 Å². The van der Waals surface area contributed by atoms with Crippen molar-refractivity contribution in [1.82, 2.24) is 10.2 Å². The molecule has 0 saturated heterocycles. The van der Waals surface area contributed by atoms with Crippen molar-refractivity contribution in [2.24, 2.45) is 5.41 Å². The molecule has 0 radical (unpaired) electrons. The third-order valence-electron chi connectivity index (χ3n) is 1.76. The van der Waals surface area contributed by atoms with E-state index >= 15 is 0 Å². The molecule has 0 bridgehead atoms. The molecular weight excluding hydrogens is 258 g/mol. The van der Waals surface area contributed by atoms with Crippen LogP contribution in [0.25, 0.3) is 0 Å². The molecule has 0 saturated carbocycles. The Morgan fingerprint density at radius 3 is 1.88 bits per heavy atom. The Bertz CT molecular complexity index is 320. The van der Waals surface area contributed by atoms with Crippen molar-refractivity contribution in [1.29, 1.82) is 0 Å². The largest absolute Gasteiger partial charge is 0.317 e. The minimum absolute atomic E-state index is 0.00581. The summed E-state index contributed by atoms with van der Waals surface area (Å²) in [6.45, 7) is 12.4. The molecule has 0 aliphatic heterocycles. The van der Waals surface area contributed by atoms with Crippen LogP contribution in [0.1, 0.15) is 20.8 Å². The van der Waals surface area contributed by atoms with Gasteiger partial charge in [0.2, 0.25) is 0 Å². The molecule has 0 aliphatic rings. The number of rotatable bonds is 7. The van der Waals surface area contributed by atoms with Gasteiger partial charge in [-0.1, -0.05) is 20.8 Å². The Hall–Kier alpha value is 0.340. The van der Waals surface area contributed by atoms with Crippen LogP contribution in [0, 0.1) is 5.41 Å². The molecule has 0 heterocycles. The molecule has 17 heavy (non-hydrogen) atoms. The van der Waals surface area contributed by atoms with E-state index in [0.29, 0.717) is 19.7 Å². The smallest absolute Gasteiger partial charge is 0.266 e. The van der Waals surface area contributed by atoms with Crippen molar-refractivity contribution in [3.05, 3.63) is 0 Å². The zero-order valence-corrected chi connectivity index (χ0v) is 13.5. The maximum atomic E-state index is 12.0. The van der Waals surface area contributed by atoms with Crippen LogP contribution in [-0.4, -0.2) is 39.7 Å². The first-order chi connectivity index (χ1) is 7.41. The van der Waals surface area contributed by atoms with Crippen molar-refractivity contribution in [2.75, 3.05) is 39.7 Å². The minimum Gasteiger partial charge on any atom is -0.317 e. The fourth-order valence-corrected chi connectivity index (χ4v) is 2.84. The normalized spacial score (nSPS) is 16.8. The molecule has 104 valence electrons. The standard InChI is InChI=1S/C10H26N2O3P2/c1-10(2,3)9-15-17(6,14)12-8-7-11-16(4,5)13/h7-9H2,1-6H3,(H,11,13)(H,12,14). The molecule has 7 heteroatoms. The van der Waals surface area contributed by atoms with Crippen molar-refractivity contribution in [3.63, 3.8) is 0 Å². The van der Waals surface area contributed by atoms with Gasteiger partial charge in [-0.15, -0.1) is 0 Å². The summed E-state index contributed by atoms with van der Waals surface area (Å²) in [5, 5.41) is 5.74. The molecule has 1 atom stereocenters. The number of nitrogens with one attached hydrogen (secondary N) is 2. The summed E-state index contributed by atoms with van der Waals surface area (Å²) in [7, 11) is -4.96. The SMILES string of the molecule is CC(C)(C)COP(C)(=O)NCCNP(C)(C)=O. The molecule has 5 nitrogen and oxygen atoms in total. The predicted molar refractivity (Wildman–Crippen MR) is 74.4 cm³/mol. The molecule has 1 unspecified atom stereocenters. The Labute approximate surface area is 105 Å². The van der Waals surface area contributed by atoms with E-state index in [4.69, 9.17) is 4.52 Å². The Morgan fingerprint density at radius 2 is 1.47 bits per heavy atom. The van der Waals surface area contributed by atoms with E-state index in [1.54, 1.807) is 20.0 Å². The average molecular weight is 284 g/mol. The highest BCUT2D eigenvalue weighted by Gasteiger charge is 2.19. The predicted octanol–water partition coefficient (Wildman–Crippen LogP) is 2.59. The van der Waals surface area contributed by atoms with Gasteiger partial charge in [-0.05, 0) is 5.41 Å². The quantitative estimate of drug-likeness (QED) is 0.555. The molecule has 0 fully saturated rings. The molecule has 0 aromatic heterocycles. The fraction of sp³-hybridized carbons (Fsp3) is 1.00. The lowest BCUT2D eigenvalue weighted by Gasteiger charge is -2.22. The molecule has 0 rings (SSSR count). The van der Waals surface area contributed by atoms with Crippen molar-refractivity contribution in [2.45, 2.75) is 20.8 Å². The molecule has 2 N–H and O–H groups in total. The van der Waals surface area contributed by atoms with Crippen LogP contribution in [0.5, 0.6) is 0 Å². The molecule has 0 aliphatic carbocycles. The van der Waals surface area contributed by atoms with Gasteiger partial charge in [0.15, 0.2) is 0 Å². The molecule has 0 aromatic carbocycles. The van der Waals surface area contributed by atoms with Gasteiger partial charge in [0.05, 0.1) is 6.61 Å². The fourth-order valence-electron chi connectivity index (χ4n) is 0.947. The van der Waals surface area contributed by atoms with Crippen LogP contribution in [-0.2, 0) is 13.7 Å². The van der Waals surface area contributed by atoms with Gasteiger partial charge >= 0.3 is 0 Å². The summed E-state index contributed by atoms with van der Waals surface area (Å²) < 4.78 is 28.7. The van der Waals surface area contributed by atoms with Crippen molar-refractivity contribution < 1.29 is 13.7 Å². The summed E-state index contributed by atoms with van der Waals surface area (Å²) >= 11 is 0. The van der Waals surface area contributed by atoms with E-state index in [1.807, 2.05) is 20.8 Å². The highest BCUT2D eigenvalue weighted by molar-refractivity contribution is 7.60. The maximum absolute atomic E-state index is 12.0. The average Bonchev–Trinajstić information content (AvgIpc) is 2.07. The third-order valence-corrected chi connectivity index (χ3v) is 4.17. The van der Waals surface area contributed by atoms with Gasteiger partial charge in [0.25, 0.3) is 7.52 Å². The van der Waals surface area contributed by atoms with E-state index < -0.39 is 14.8 Å². The second-order valence-electron chi connectivity index (χ2n) is 5.85. The summed E-state index contributed by atoms with van der Waals surface area (Å²) in [5.74, 6) is 0. The summed E-state index contributed by atoms with van der Waals surface area (Å²) in [4.78, 5) is 0. The van der Waals surface area contributed by atoms with Gasteiger partial charge in [-0.25, -0.2) is 5.09 Å². The lowest BCUT2D eigenvalue weighted by Crippen LogP contribution is -2.25. The Balaban J connectivity index is 3.87. The first-order valence-corrected chi connectivity index (χ1v) is 10.4. The monoisotopic (exact) mass is 284 g/mol. The molecule has 0 spiro atoms. The van der Waals surface area contributed by atoms with Crippen molar-refractivity contribution in [3.8, 4) is 0 Å². The van der Waals surface area contributed by atoms with Gasteiger partial charge in [-0.3, -0.25) is 9.65 Å². The zero-order chi connectivity index (χ0) is 13.7. The van der Waals surface area contributed by atoms with Crippen molar-refractivity contribution >= 4 is 14.8 Å². The van der Waals surface area contributed by atoms with E-state index in [1.165, 1.54) is 0 Å². The minimum atomic E-state index is -2.75. The third kappa shape index (κ3) is 12.6. The zero-order valence-electron chi connectivity index (χ0n) is 11.7. The van der Waals surface area contributed by atoms with Crippen LogP contribution in [0.3, 0.4) is 0 Å². The van der Waals surface area contributed by atoms with Crippen LogP contribution < -0.4 is 10.2 Å².